The Labute approximate surface area is 231 Å². The third-order valence-corrected chi connectivity index (χ3v) is 7.48. The minimum absolute atomic E-state index is 0.0147. The van der Waals surface area contributed by atoms with Crippen LogP contribution in [0.1, 0.15) is 30.6 Å². The summed E-state index contributed by atoms with van der Waals surface area (Å²) in [5.41, 5.74) is 1.88. The van der Waals surface area contributed by atoms with Gasteiger partial charge in [0.15, 0.2) is 5.82 Å². The van der Waals surface area contributed by atoms with Crippen LogP contribution in [0.2, 0.25) is 15.1 Å². The molecule has 1 atom stereocenters. The van der Waals surface area contributed by atoms with Gasteiger partial charge in [0.2, 0.25) is 5.91 Å². The van der Waals surface area contributed by atoms with Gasteiger partial charge in [0, 0.05) is 42.8 Å². The Hall–Kier alpha value is -2.87. The van der Waals surface area contributed by atoms with Gasteiger partial charge in [-0.25, -0.2) is 0 Å². The lowest BCUT2D eigenvalue weighted by atomic mass is 10.1. The molecule has 4 rings (SSSR count). The number of aromatic nitrogens is 2. The topological polar surface area (TPSA) is 69.6 Å². The highest BCUT2D eigenvalue weighted by Gasteiger charge is 2.29. The summed E-state index contributed by atoms with van der Waals surface area (Å²) >= 11 is 18.5. The quantitative estimate of drug-likeness (QED) is 0.371. The Balaban J connectivity index is 1.38. The molecule has 1 fully saturated rings. The molecular weight excluding hydrogens is 533 g/mol. The van der Waals surface area contributed by atoms with E-state index in [0.29, 0.717) is 53.9 Å². The molecule has 0 bridgehead atoms. The van der Waals surface area contributed by atoms with Crippen molar-refractivity contribution in [1.82, 2.24) is 20.0 Å². The fourth-order valence-electron chi connectivity index (χ4n) is 4.20. The summed E-state index contributed by atoms with van der Waals surface area (Å²) in [6, 6.07) is 16.0. The molecule has 7 nitrogen and oxygen atoms in total. The zero-order valence-electron chi connectivity index (χ0n) is 20.7. The maximum atomic E-state index is 13.3. The van der Waals surface area contributed by atoms with Crippen LogP contribution in [0.3, 0.4) is 0 Å². The van der Waals surface area contributed by atoms with E-state index in [2.05, 4.69) is 15.1 Å². The molecule has 2 amide bonds. The largest absolute Gasteiger partial charge is 0.352 e. The Morgan fingerprint density at radius 2 is 1.68 bits per heavy atom. The molecule has 194 valence electrons. The van der Waals surface area contributed by atoms with Gasteiger partial charge in [-0.15, -0.1) is 10.2 Å². The molecular formula is C27H28Cl3N5O2. The van der Waals surface area contributed by atoms with E-state index >= 15 is 0 Å². The van der Waals surface area contributed by atoms with Gasteiger partial charge in [-0.2, -0.15) is 0 Å². The molecule has 1 aliphatic heterocycles. The average molecular weight is 561 g/mol. The van der Waals surface area contributed by atoms with Crippen LogP contribution in [-0.4, -0.2) is 70.6 Å². The second-order valence-electron chi connectivity index (χ2n) is 8.94. The van der Waals surface area contributed by atoms with Gasteiger partial charge in [0.05, 0.1) is 21.3 Å². The molecule has 1 aliphatic rings. The fraction of sp³-hybridized carbons (Fsp3) is 0.333. The number of carbonyl (C=O) groups excluding carboxylic acids is 2. The SMILES string of the molecule is CCC(C)N(CC(=O)N1CCN(c2ccc(-c3ccccc3Cl)nn2)CC1)C(=O)c1ccc(Cl)cc1Cl. The monoisotopic (exact) mass is 559 g/mol. The molecule has 1 unspecified atom stereocenters. The number of hydrogen-bond donors (Lipinski definition) is 0. The highest BCUT2D eigenvalue weighted by Crippen LogP contribution is 2.27. The fourth-order valence-corrected chi connectivity index (χ4v) is 4.92. The van der Waals surface area contributed by atoms with Crippen LogP contribution in [0.4, 0.5) is 5.82 Å². The number of amides is 2. The first-order valence-corrected chi connectivity index (χ1v) is 13.3. The van der Waals surface area contributed by atoms with Crippen molar-refractivity contribution in [2.45, 2.75) is 26.3 Å². The number of benzene rings is 2. The minimum Gasteiger partial charge on any atom is -0.352 e. The van der Waals surface area contributed by atoms with Gasteiger partial charge in [-0.3, -0.25) is 9.59 Å². The van der Waals surface area contributed by atoms with E-state index in [1.807, 2.05) is 50.2 Å². The van der Waals surface area contributed by atoms with Crippen LogP contribution in [0.25, 0.3) is 11.3 Å². The van der Waals surface area contributed by atoms with Crippen LogP contribution in [0.5, 0.6) is 0 Å². The summed E-state index contributed by atoms with van der Waals surface area (Å²) in [5.74, 6) is 0.368. The average Bonchev–Trinajstić information content (AvgIpc) is 2.91. The Kier molecular flexibility index (Phi) is 8.90. The van der Waals surface area contributed by atoms with Crippen molar-refractivity contribution >= 4 is 52.4 Å². The Bertz CT molecular complexity index is 1260. The molecule has 10 heteroatoms. The Morgan fingerprint density at radius 1 is 0.946 bits per heavy atom. The number of anilines is 1. The van der Waals surface area contributed by atoms with Crippen LogP contribution < -0.4 is 4.90 Å². The summed E-state index contributed by atoms with van der Waals surface area (Å²) in [4.78, 5) is 31.9. The van der Waals surface area contributed by atoms with Crippen molar-refractivity contribution < 1.29 is 9.59 Å². The molecule has 37 heavy (non-hydrogen) atoms. The van der Waals surface area contributed by atoms with Crippen LogP contribution >= 0.6 is 34.8 Å². The summed E-state index contributed by atoms with van der Waals surface area (Å²) in [6.45, 7) is 6.18. The molecule has 2 aromatic carbocycles. The van der Waals surface area contributed by atoms with Crippen LogP contribution in [-0.2, 0) is 4.79 Å². The number of hydrogen-bond acceptors (Lipinski definition) is 5. The van der Waals surface area contributed by atoms with E-state index in [9.17, 15) is 9.59 Å². The predicted molar refractivity (Wildman–Crippen MR) is 149 cm³/mol. The first-order valence-electron chi connectivity index (χ1n) is 12.2. The van der Waals surface area contributed by atoms with Gasteiger partial charge in [-0.1, -0.05) is 59.9 Å². The van der Waals surface area contributed by atoms with Crippen molar-refractivity contribution in [3.63, 3.8) is 0 Å². The van der Waals surface area contributed by atoms with Gasteiger partial charge < -0.3 is 14.7 Å². The number of piperazine rings is 1. The zero-order valence-corrected chi connectivity index (χ0v) is 23.0. The van der Waals surface area contributed by atoms with Crippen LogP contribution in [0.15, 0.2) is 54.6 Å². The van der Waals surface area contributed by atoms with Crippen molar-refractivity contribution in [3.8, 4) is 11.3 Å². The summed E-state index contributed by atoms with van der Waals surface area (Å²) in [7, 11) is 0. The van der Waals surface area contributed by atoms with E-state index in [1.54, 1.807) is 21.9 Å². The molecule has 1 aromatic heterocycles. The van der Waals surface area contributed by atoms with E-state index < -0.39 is 0 Å². The molecule has 0 saturated carbocycles. The zero-order chi connectivity index (χ0) is 26.5. The molecule has 0 N–H and O–H groups in total. The molecule has 1 saturated heterocycles. The lowest BCUT2D eigenvalue weighted by molar-refractivity contribution is -0.132. The first kappa shape index (κ1) is 27.2. The lowest BCUT2D eigenvalue weighted by Gasteiger charge is -2.37. The van der Waals surface area contributed by atoms with Crippen molar-refractivity contribution in [2.75, 3.05) is 37.6 Å². The van der Waals surface area contributed by atoms with Gasteiger partial charge >= 0.3 is 0 Å². The van der Waals surface area contributed by atoms with E-state index in [-0.39, 0.29) is 29.4 Å². The summed E-state index contributed by atoms with van der Waals surface area (Å²) in [6.07, 6.45) is 0.709. The van der Waals surface area contributed by atoms with E-state index in [0.717, 1.165) is 11.4 Å². The maximum absolute atomic E-state index is 13.3. The highest BCUT2D eigenvalue weighted by atomic mass is 35.5. The van der Waals surface area contributed by atoms with E-state index in [1.165, 1.54) is 6.07 Å². The second kappa shape index (κ2) is 12.1. The number of carbonyl (C=O) groups is 2. The molecule has 0 spiro atoms. The smallest absolute Gasteiger partial charge is 0.256 e. The number of rotatable bonds is 7. The summed E-state index contributed by atoms with van der Waals surface area (Å²) < 4.78 is 0. The van der Waals surface area contributed by atoms with Gasteiger partial charge in [0.1, 0.15) is 6.54 Å². The molecule has 2 heterocycles. The molecule has 0 radical (unpaired) electrons. The third-order valence-electron chi connectivity index (χ3n) is 6.61. The van der Waals surface area contributed by atoms with Crippen molar-refractivity contribution in [3.05, 3.63) is 75.2 Å². The second-order valence-corrected chi connectivity index (χ2v) is 10.2. The van der Waals surface area contributed by atoms with Crippen molar-refractivity contribution in [1.29, 1.82) is 0 Å². The van der Waals surface area contributed by atoms with Crippen molar-refractivity contribution in [2.24, 2.45) is 0 Å². The third kappa shape index (κ3) is 6.35. The lowest BCUT2D eigenvalue weighted by Crippen LogP contribution is -2.53. The van der Waals surface area contributed by atoms with Gasteiger partial charge in [-0.05, 0) is 49.7 Å². The minimum atomic E-state index is -0.281. The van der Waals surface area contributed by atoms with E-state index in [4.69, 9.17) is 34.8 Å². The number of halogens is 3. The first-order chi connectivity index (χ1) is 17.8. The molecule has 0 aliphatic carbocycles. The number of nitrogens with zero attached hydrogens (tertiary/aromatic N) is 5. The van der Waals surface area contributed by atoms with Gasteiger partial charge in [0.25, 0.3) is 5.91 Å². The van der Waals surface area contributed by atoms with Crippen LogP contribution in [0, 0.1) is 0 Å². The maximum Gasteiger partial charge on any atom is 0.256 e. The predicted octanol–water partition coefficient (Wildman–Crippen LogP) is 5.69. The standard InChI is InChI=1S/C27H28Cl3N5O2/c1-3-18(2)35(27(37)21-9-8-19(28)16-23(21)30)17-26(36)34-14-12-33(13-15-34)25-11-10-24(31-32-25)20-6-4-5-7-22(20)29/h4-11,16,18H,3,12-15,17H2,1-2H3. The normalized spacial score (nSPS) is 14.4. The Morgan fingerprint density at radius 3 is 2.30 bits per heavy atom. The molecule has 3 aromatic rings. The highest BCUT2D eigenvalue weighted by molar-refractivity contribution is 6.36. The summed E-state index contributed by atoms with van der Waals surface area (Å²) in [5, 5.41) is 10.1.